The summed E-state index contributed by atoms with van der Waals surface area (Å²) in [5.74, 6) is 0.362. The zero-order valence-corrected chi connectivity index (χ0v) is 20.5. The van der Waals surface area contributed by atoms with Gasteiger partial charge in [0, 0.05) is 43.8 Å². The molecule has 1 aliphatic heterocycles. The SMILES string of the molecule is COCCCn1c(=S)[nH]c2cc(C(=O)NCC3CCN(Cc4cccs4)CC3)ccc2c1=O. The van der Waals surface area contributed by atoms with E-state index in [4.69, 9.17) is 17.0 Å². The minimum absolute atomic E-state index is 0.124. The molecule has 1 amide bonds. The molecule has 2 N–H and O–H groups in total. The lowest BCUT2D eigenvalue weighted by molar-refractivity contribution is 0.0935. The van der Waals surface area contributed by atoms with E-state index in [0.29, 0.717) is 53.3 Å². The van der Waals surface area contributed by atoms with E-state index in [2.05, 4.69) is 32.7 Å². The summed E-state index contributed by atoms with van der Waals surface area (Å²) >= 11 is 7.17. The van der Waals surface area contributed by atoms with Crippen molar-refractivity contribution in [2.45, 2.75) is 32.4 Å². The predicted octanol–water partition coefficient (Wildman–Crippen LogP) is 3.80. The molecule has 1 aromatic carbocycles. The molecule has 1 fully saturated rings. The van der Waals surface area contributed by atoms with E-state index < -0.39 is 0 Å². The summed E-state index contributed by atoms with van der Waals surface area (Å²) in [6.07, 6.45) is 2.87. The van der Waals surface area contributed by atoms with Gasteiger partial charge in [-0.25, -0.2) is 0 Å². The molecule has 0 unspecified atom stereocenters. The number of hydrogen-bond donors (Lipinski definition) is 2. The van der Waals surface area contributed by atoms with Gasteiger partial charge < -0.3 is 15.0 Å². The number of carbonyl (C=O) groups is 1. The first kappa shape index (κ1) is 23.8. The quantitative estimate of drug-likeness (QED) is 0.355. The Labute approximate surface area is 202 Å². The van der Waals surface area contributed by atoms with Gasteiger partial charge in [-0.1, -0.05) is 6.07 Å². The van der Waals surface area contributed by atoms with Gasteiger partial charge in [0.2, 0.25) is 0 Å². The maximum absolute atomic E-state index is 12.8. The first-order valence-corrected chi connectivity index (χ1v) is 12.6. The fraction of sp³-hybridized carbons (Fsp3) is 0.458. The second kappa shape index (κ2) is 11.2. The number of amides is 1. The van der Waals surface area contributed by atoms with Gasteiger partial charge >= 0.3 is 0 Å². The molecule has 3 aromatic rings. The van der Waals surface area contributed by atoms with E-state index >= 15 is 0 Å². The highest BCUT2D eigenvalue weighted by molar-refractivity contribution is 7.71. The predicted molar refractivity (Wildman–Crippen MR) is 135 cm³/mol. The van der Waals surface area contributed by atoms with Crippen LogP contribution in [0.4, 0.5) is 0 Å². The van der Waals surface area contributed by atoms with Crippen molar-refractivity contribution in [2.75, 3.05) is 33.4 Å². The van der Waals surface area contributed by atoms with Crippen molar-refractivity contribution in [3.8, 4) is 0 Å². The number of benzene rings is 1. The number of H-pyrrole nitrogens is 1. The molecule has 1 saturated heterocycles. The van der Waals surface area contributed by atoms with Crippen LogP contribution in [0.3, 0.4) is 0 Å². The second-order valence-corrected chi connectivity index (χ2v) is 9.92. The third kappa shape index (κ3) is 5.97. The van der Waals surface area contributed by atoms with Gasteiger partial charge in [0.25, 0.3) is 11.5 Å². The van der Waals surface area contributed by atoms with E-state index in [9.17, 15) is 9.59 Å². The molecule has 2 aromatic heterocycles. The average molecular weight is 487 g/mol. The number of aromatic amines is 1. The molecule has 33 heavy (non-hydrogen) atoms. The van der Waals surface area contributed by atoms with Crippen molar-refractivity contribution in [1.29, 1.82) is 0 Å². The number of ether oxygens (including phenoxy) is 1. The van der Waals surface area contributed by atoms with Crippen LogP contribution in [-0.4, -0.2) is 53.7 Å². The molecule has 0 saturated carbocycles. The van der Waals surface area contributed by atoms with Gasteiger partial charge in [-0.15, -0.1) is 11.3 Å². The molecule has 0 spiro atoms. The van der Waals surface area contributed by atoms with E-state index in [0.717, 1.165) is 32.5 Å². The summed E-state index contributed by atoms with van der Waals surface area (Å²) < 4.78 is 6.96. The summed E-state index contributed by atoms with van der Waals surface area (Å²) in [6.45, 7) is 4.85. The largest absolute Gasteiger partial charge is 0.385 e. The molecule has 3 heterocycles. The van der Waals surface area contributed by atoms with Gasteiger partial charge in [-0.2, -0.15) is 0 Å². The van der Waals surface area contributed by atoms with Crippen LogP contribution in [0, 0.1) is 10.7 Å². The van der Waals surface area contributed by atoms with Gasteiger partial charge in [0.05, 0.1) is 10.9 Å². The van der Waals surface area contributed by atoms with Crippen LogP contribution >= 0.6 is 23.6 Å². The van der Waals surface area contributed by atoms with Crippen molar-refractivity contribution in [3.05, 3.63) is 61.3 Å². The molecule has 0 radical (unpaired) electrons. The number of nitrogens with one attached hydrogen (secondary N) is 2. The Morgan fingerprint density at radius 1 is 1.30 bits per heavy atom. The Hall–Kier alpha value is -2.33. The maximum atomic E-state index is 12.8. The molecular weight excluding hydrogens is 456 g/mol. The number of methoxy groups -OCH3 is 1. The molecule has 176 valence electrons. The van der Waals surface area contributed by atoms with Crippen molar-refractivity contribution in [2.24, 2.45) is 5.92 Å². The summed E-state index contributed by atoms with van der Waals surface area (Å²) in [4.78, 5) is 32.6. The van der Waals surface area contributed by atoms with Gasteiger partial charge in [-0.05, 0) is 80.1 Å². The second-order valence-electron chi connectivity index (χ2n) is 8.50. The number of rotatable bonds is 9. The smallest absolute Gasteiger partial charge is 0.262 e. The number of piperidine rings is 1. The molecule has 9 heteroatoms. The molecule has 0 atom stereocenters. The highest BCUT2D eigenvalue weighted by Crippen LogP contribution is 2.20. The summed E-state index contributed by atoms with van der Waals surface area (Å²) in [7, 11) is 1.63. The Bertz CT molecular complexity index is 1190. The molecule has 0 aliphatic carbocycles. The monoisotopic (exact) mass is 486 g/mol. The summed E-state index contributed by atoms with van der Waals surface area (Å²) in [6, 6.07) is 9.41. The number of carbonyl (C=O) groups excluding carboxylic acids is 1. The third-order valence-corrected chi connectivity index (χ3v) is 7.38. The number of nitrogens with zero attached hydrogens (tertiary/aromatic N) is 2. The standard InChI is InChI=1S/C24H30N4O3S2/c1-31-12-3-9-28-23(30)20-6-5-18(14-21(20)26-24(28)32)22(29)25-15-17-7-10-27(11-8-17)16-19-4-2-13-33-19/h2,4-6,13-14,17H,3,7-12,15-16H2,1H3,(H,25,29)(H,26,32). The Balaban J connectivity index is 1.34. The van der Waals surface area contributed by atoms with Crippen LogP contribution in [-0.2, 0) is 17.8 Å². The van der Waals surface area contributed by atoms with Crippen molar-refractivity contribution in [3.63, 3.8) is 0 Å². The number of thiophene rings is 1. The van der Waals surface area contributed by atoms with Crippen molar-refractivity contribution >= 4 is 40.4 Å². The zero-order valence-electron chi connectivity index (χ0n) is 18.8. The van der Waals surface area contributed by atoms with Gasteiger partial charge in [0.1, 0.15) is 0 Å². The lowest BCUT2D eigenvalue weighted by Gasteiger charge is -2.31. The van der Waals surface area contributed by atoms with E-state index in [1.54, 1.807) is 41.2 Å². The highest BCUT2D eigenvalue weighted by atomic mass is 32.1. The van der Waals surface area contributed by atoms with Gasteiger partial charge in [0.15, 0.2) is 4.77 Å². The highest BCUT2D eigenvalue weighted by Gasteiger charge is 2.20. The molecule has 7 nitrogen and oxygen atoms in total. The third-order valence-electron chi connectivity index (χ3n) is 6.19. The fourth-order valence-electron chi connectivity index (χ4n) is 4.28. The van der Waals surface area contributed by atoms with Crippen molar-refractivity contribution < 1.29 is 9.53 Å². The lowest BCUT2D eigenvalue weighted by Crippen LogP contribution is -2.38. The minimum atomic E-state index is -0.147. The van der Waals surface area contributed by atoms with E-state index in [1.165, 1.54) is 4.88 Å². The van der Waals surface area contributed by atoms with Crippen LogP contribution in [0.25, 0.3) is 10.9 Å². The Kier molecular flexibility index (Phi) is 8.08. The zero-order chi connectivity index (χ0) is 23.2. The Morgan fingerprint density at radius 3 is 2.85 bits per heavy atom. The topological polar surface area (TPSA) is 79.4 Å². The number of fused-ring (bicyclic) bond motifs is 1. The normalized spacial score (nSPS) is 15.2. The molecular formula is C24H30N4O3S2. The lowest BCUT2D eigenvalue weighted by atomic mass is 9.96. The van der Waals surface area contributed by atoms with Crippen LogP contribution in [0.2, 0.25) is 0 Å². The van der Waals surface area contributed by atoms with E-state index in [1.807, 2.05) is 0 Å². The number of aromatic nitrogens is 2. The number of hydrogen-bond acceptors (Lipinski definition) is 6. The summed E-state index contributed by atoms with van der Waals surface area (Å²) in [5, 5.41) is 5.72. The first-order valence-electron chi connectivity index (χ1n) is 11.3. The van der Waals surface area contributed by atoms with Crippen molar-refractivity contribution in [1.82, 2.24) is 19.8 Å². The van der Waals surface area contributed by atoms with Gasteiger partial charge in [-0.3, -0.25) is 19.1 Å². The molecule has 0 bridgehead atoms. The fourth-order valence-corrected chi connectivity index (χ4v) is 5.31. The van der Waals surface area contributed by atoms with Crippen LogP contribution in [0.15, 0.2) is 40.5 Å². The average Bonchev–Trinajstić information content (AvgIpc) is 3.33. The summed E-state index contributed by atoms with van der Waals surface area (Å²) in [5.41, 5.74) is 0.966. The molecule has 1 aliphatic rings. The number of likely N-dealkylation sites (tertiary alicyclic amines) is 1. The first-order chi connectivity index (χ1) is 16.0. The maximum Gasteiger partial charge on any atom is 0.262 e. The van der Waals surface area contributed by atoms with Crippen LogP contribution < -0.4 is 10.9 Å². The Morgan fingerprint density at radius 2 is 2.12 bits per heavy atom. The molecule has 4 rings (SSSR count). The van der Waals surface area contributed by atoms with Crippen LogP contribution in [0.5, 0.6) is 0 Å². The van der Waals surface area contributed by atoms with Crippen LogP contribution in [0.1, 0.15) is 34.5 Å². The minimum Gasteiger partial charge on any atom is -0.385 e. The van der Waals surface area contributed by atoms with E-state index in [-0.39, 0.29) is 11.5 Å².